The van der Waals surface area contributed by atoms with E-state index in [1.165, 1.54) is 35.3 Å². The summed E-state index contributed by atoms with van der Waals surface area (Å²) in [7, 11) is 0. The van der Waals surface area contributed by atoms with Gasteiger partial charge in [0.25, 0.3) is 5.56 Å². The maximum atomic E-state index is 13.6. The highest BCUT2D eigenvalue weighted by Crippen LogP contribution is 2.19. The first-order valence-electron chi connectivity index (χ1n) is 7.03. The first kappa shape index (κ1) is 17.1. The second-order valence-electron chi connectivity index (χ2n) is 4.80. The largest absolute Gasteiger partial charge is 0.326 e. The third kappa shape index (κ3) is 4.60. The van der Waals surface area contributed by atoms with Gasteiger partial charge >= 0.3 is 0 Å². The monoisotopic (exact) mass is 330 g/mol. The van der Waals surface area contributed by atoms with Gasteiger partial charge in [0.05, 0.1) is 12.0 Å². The zero-order valence-corrected chi connectivity index (χ0v) is 12.7. The Morgan fingerprint density at radius 1 is 1.29 bits per heavy atom. The van der Waals surface area contributed by atoms with E-state index in [1.807, 2.05) is 0 Å². The number of amides is 2. The lowest BCUT2D eigenvalue weighted by Crippen LogP contribution is -2.22. The van der Waals surface area contributed by atoms with Crippen molar-refractivity contribution < 1.29 is 14.0 Å². The van der Waals surface area contributed by atoms with Gasteiger partial charge in [0, 0.05) is 30.9 Å². The number of hydrogen-bond acceptors (Lipinski definition) is 4. The molecule has 0 saturated carbocycles. The topological polar surface area (TPSA) is 93.1 Å². The molecular weight excluding hydrogens is 315 g/mol. The van der Waals surface area contributed by atoms with Crippen molar-refractivity contribution in [2.45, 2.75) is 13.0 Å². The van der Waals surface area contributed by atoms with Gasteiger partial charge in [-0.2, -0.15) is 0 Å². The lowest BCUT2D eigenvalue weighted by molar-refractivity contribution is -0.116. The van der Waals surface area contributed by atoms with Crippen LogP contribution in [0.1, 0.15) is 6.42 Å². The highest BCUT2D eigenvalue weighted by atomic mass is 19.1. The fraction of sp³-hybridized carbons (Fsp3) is 0.125. The van der Waals surface area contributed by atoms with Crippen LogP contribution in [-0.4, -0.2) is 21.4 Å². The molecule has 0 bridgehead atoms. The van der Waals surface area contributed by atoms with Crippen LogP contribution in [0.25, 0.3) is 0 Å². The van der Waals surface area contributed by atoms with Gasteiger partial charge in [0.15, 0.2) is 0 Å². The fourth-order valence-electron chi connectivity index (χ4n) is 1.87. The molecule has 1 aromatic carbocycles. The average molecular weight is 330 g/mol. The molecule has 0 atom stereocenters. The lowest BCUT2D eigenvalue weighted by Gasteiger charge is -2.09. The summed E-state index contributed by atoms with van der Waals surface area (Å²) >= 11 is 0. The summed E-state index contributed by atoms with van der Waals surface area (Å²) in [5, 5.41) is 4.87. The van der Waals surface area contributed by atoms with Crippen LogP contribution < -0.4 is 16.2 Å². The molecule has 2 N–H and O–H groups in total. The van der Waals surface area contributed by atoms with E-state index < -0.39 is 11.7 Å². The molecule has 0 spiro atoms. The van der Waals surface area contributed by atoms with Crippen molar-refractivity contribution in [1.82, 2.24) is 9.55 Å². The van der Waals surface area contributed by atoms with Gasteiger partial charge in [-0.1, -0.05) is 6.58 Å². The Kier molecular flexibility index (Phi) is 5.56. The number of rotatable bonds is 6. The van der Waals surface area contributed by atoms with Gasteiger partial charge < -0.3 is 10.6 Å². The smallest absolute Gasteiger partial charge is 0.253 e. The number of carbonyl (C=O) groups is 2. The summed E-state index contributed by atoms with van der Waals surface area (Å²) in [6, 6.07) is 5.09. The van der Waals surface area contributed by atoms with Crippen molar-refractivity contribution in [3.05, 3.63) is 65.6 Å². The van der Waals surface area contributed by atoms with Gasteiger partial charge in [-0.05, 0) is 24.3 Å². The molecule has 7 nitrogen and oxygen atoms in total. The molecule has 124 valence electrons. The second-order valence-corrected chi connectivity index (χ2v) is 4.80. The first-order valence-corrected chi connectivity index (χ1v) is 7.03. The van der Waals surface area contributed by atoms with E-state index in [0.717, 1.165) is 12.1 Å². The van der Waals surface area contributed by atoms with Crippen LogP contribution in [0.5, 0.6) is 0 Å². The predicted molar refractivity (Wildman–Crippen MR) is 87.0 cm³/mol. The Balaban J connectivity index is 2.00. The van der Waals surface area contributed by atoms with Gasteiger partial charge in [-0.3, -0.25) is 19.0 Å². The number of hydrogen-bond donors (Lipinski definition) is 2. The molecule has 0 aliphatic carbocycles. The molecule has 0 saturated heterocycles. The molecule has 8 heteroatoms. The van der Waals surface area contributed by atoms with Crippen LogP contribution in [0.2, 0.25) is 0 Å². The maximum absolute atomic E-state index is 13.6. The van der Waals surface area contributed by atoms with Crippen molar-refractivity contribution >= 4 is 23.2 Å². The summed E-state index contributed by atoms with van der Waals surface area (Å²) in [6.07, 6.45) is 3.76. The van der Waals surface area contributed by atoms with Crippen LogP contribution in [0, 0.1) is 5.82 Å². The normalized spacial score (nSPS) is 10.0. The molecule has 1 aromatic heterocycles. The minimum absolute atomic E-state index is 0.0390. The van der Waals surface area contributed by atoms with E-state index in [1.54, 1.807) is 0 Å². The van der Waals surface area contributed by atoms with E-state index in [4.69, 9.17) is 0 Å². The van der Waals surface area contributed by atoms with Crippen molar-refractivity contribution in [2.75, 3.05) is 10.6 Å². The van der Waals surface area contributed by atoms with Gasteiger partial charge in [-0.15, -0.1) is 0 Å². The summed E-state index contributed by atoms with van der Waals surface area (Å²) < 4.78 is 14.9. The van der Waals surface area contributed by atoms with Crippen molar-refractivity contribution in [3.8, 4) is 0 Å². The Bertz CT molecular complexity index is 832. The third-order valence-corrected chi connectivity index (χ3v) is 3.07. The van der Waals surface area contributed by atoms with Crippen molar-refractivity contribution in [1.29, 1.82) is 0 Å². The second kappa shape index (κ2) is 7.82. The SMILES string of the molecule is C=CC(=O)Nc1cc(NC(=O)CCn2cnccc2=O)ccc1F. The Morgan fingerprint density at radius 3 is 2.79 bits per heavy atom. The molecule has 0 unspecified atom stereocenters. The summed E-state index contributed by atoms with van der Waals surface area (Å²) in [5.74, 6) is -1.56. The zero-order chi connectivity index (χ0) is 17.5. The van der Waals surface area contributed by atoms with E-state index in [0.29, 0.717) is 5.69 Å². The zero-order valence-electron chi connectivity index (χ0n) is 12.7. The number of halogens is 1. The molecule has 0 aliphatic rings. The van der Waals surface area contributed by atoms with Gasteiger partial charge in [0.2, 0.25) is 11.8 Å². The van der Waals surface area contributed by atoms with E-state index in [9.17, 15) is 18.8 Å². The van der Waals surface area contributed by atoms with Crippen LogP contribution in [-0.2, 0) is 16.1 Å². The highest BCUT2D eigenvalue weighted by Gasteiger charge is 2.08. The number of nitrogens with one attached hydrogen (secondary N) is 2. The molecule has 2 aromatic rings. The van der Waals surface area contributed by atoms with Crippen molar-refractivity contribution in [3.63, 3.8) is 0 Å². The lowest BCUT2D eigenvalue weighted by atomic mass is 10.2. The minimum atomic E-state index is -0.634. The quantitative estimate of drug-likeness (QED) is 0.786. The Labute approximate surface area is 136 Å². The number of aromatic nitrogens is 2. The Morgan fingerprint density at radius 2 is 2.08 bits per heavy atom. The van der Waals surface area contributed by atoms with Gasteiger partial charge in [-0.25, -0.2) is 9.37 Å². The van der Waals surface area contributed by atoms with Crippen LogP contribution in [0.3, 0.4) is 0 Å². The van der Waals surface area contributed by atoms with E-state index >= 15 is 0 Å². The summed E-state index contributed by atoms with van der Waals surface area (Å²) in [6.45, 7) is 3.45. The van der Waals surface area contributed by atoms with Crippen LogP contribution in [0.15, 0.2) is 54.2 Å². The predicted octanol–water partition coefficient (Wildman–Crippen LogP) is 1.54. The molecule has 2 rings (SSSR count). The summed E-state index contributed by atoms with van der Waals surface area (Å²) in [4.78, 5) is 38.5. The molecule has 0 aliphatic heterocycles. The standard InChI is InChI=1S/C16H15FN4O3/c1-2-14(22)20-13-9-11(3-4-12(13)17)19-15(23)6-8-21-10-18-7-5-16(21)24/h2-5,7,9-10H,1,6,8H2,(H,19,23)(H,20,22). The Hall–Kier alpha value is -3.29. The minimum Gasteiger partial charge on any atom is -0.326 e. The maximum Gasteiger partial charge on any atom is 0.253 e. The molecule has 1 heterocycles. The number of benzene rings is 1. The first-order chi connectivity index (χ1) is 11.5. The molecule has 0 radical (unpaired) electrons. The number of aryl methyl sites for hydroxylation is 1. The van der Waals surface area contributed by atoms with E-state index in [-0.39, 0.29) is 30.1 Å². The fourth-order valence-corrected chi connectivity index (χ4v) is 1.87. The number of nitrogens with zero attached hydrogens (tertiary/aromatic N) is 2. The van der Waals surface area contributed by atoms with Crippen LogP contribution >= 0.6 is 0 Å². The number of carbonyl (C=O) groups excluding carboxylic acids is 2. The average Bonchev–Trinajstić information content (AvgIpc) is 2.57. The van der Waals surface area contributed by atoms with Crippen molar-refractivity contribution in [2.24, 2.45) is 0 Å². The third-order valence-electron chi connectivity index (χ3n) is 3.07. The van der Waals surface area contributed by atoms with E-state index in [2.05, 4.69) is 22.2 Å². The number of anilines is 2. The molecule has 2 amide bonds. The molecule has 24 heavy (non-hydrogen) atoms. The highest BCUT2D eigenvalue weighted by molar-refractivity contribution is 5.99. The van der Waals surface area contributed by atoms with Gasteiger partial charge in [0.1, 0.15) is 5.82 Å². The molecule has 0 fully saturated rings. The summed E-state index contributed by atoms with van der Waals surface area (Å²) in [5.41, 5.74) is -0.00511. The van der Waals surface area contributed by atoms with Crippen LogP contribution in [0.4, 0.5) is 15.8 Å². The molecular formula is C16H15FN4O3.